The minimum atomic E-state index is -0.639. The summed E-state index contributed by atoms with van der Waals surface area (Å²) < 4.78 is 10.00. The van der Waals surface area contributed by atoms with E-state index in [1.807, 2.05) is 44.2 Å². The van der Waals surface area contributed by atoms with Crippen LogP contribution in [0, 0.1) is 0 Å². The molecular weight excluding hydrogens is 360 g/mol. The van der Waals surface area contributed by atoms with Crippen LogP contribution < -0.4 is 5.32 Å². The first-order valence-corrected chi connectivity index (χ1v) is 9.44. The minimum Gasteiger partial charge on any atom is -0.469 e. The van der Waals surface area contributed by atoms with Crippen molar-refractivity contribution in [3.63, 3.8) is 0 Å². The first kappa shape index (κ1) is 23.5. The van der Waals surface area contributed by atoms with Crippen molar-refractivity contribution >= 4 is 18.0 Å². The third-order valence-corrected chi connectivity index (χ3v) is 4.00. The Balaban J connectivity index is 2.92. The van der Waals surface area contributed by atoms with Crippen LogP contribution in [0.2, 0.25) is 0 Å². The number of hydrogen-bond donors (Lipinski definition) is 1. The van der Waals surface area contributed by atoms with Gasteiger partial charge in [-0.25, -0.2) is 4.79 Å². The summed E-state index contributed by atoms with van der Waals surface area (Å²) in [5.41, 5.74) is 0.165. The molecule has 156 valence electrons. The predicted molar refractivity (Wildman–Crippen MR) is 107 cm³/mol. The standard InChI is InChI=1S/C21H32N2O5/c1-15(2)23(13-12-19(25)27-6)18(24)14-17(16-10-8-7-9-11-16)22-20(26)28-21(3,4)5/h7-11,15,17H,12-14H2,1-6H3,(H,22,26)/t17-/m0/s1. The zero-order chi connectivity index (χ0) is 21.3. The van der Waals surface area contributed by atoms with Crippen LogP contribution in [0.4, 0.5) is 4.79 Å². The highest BCUT2D eigenvalue weighted by Crippen LogP contribution is 2.20. The van der Waals surface area contributed by atoms with Gasteiger partial charge in [0.25, 0.3) is 0 Å². The molecule has 0 saturated heterocycles. The van der Waals surface area contributed by atoms with Crippen LogP contribution in [-0.2, 0) is 19.1 Å². The third kappa shape index (κ3) is 8.41. The third-order valence-electron chi connectivity index (χ3n) is 4.00. The monoisotopic (exact) mass is 392 g/mol. The summed E-state index contributed by atoms with van der Waals surface area (Å²) in [4.78, 5) is 38.2. The zero-order valence-corrected chi connectivity index (χ0v) is 17.7. The maximum Gasteiger partial charge on any atom is 0.408 e. The minimum absolute atomic E-state index is 0.0581. The molecular formula is C21H32N2O5. The van der Waals surface area contributed by atoms with Crippen LogP contribution in [0.15, 0.2) is 30.3 Å². The molecule has 1 atom stereocenters. The molecule has 0 fully saturated rings. The van der Waals surface area contributed by atoms with Crippen LogP contribution in [0.5, 0.6) is 0 Å². The molecule has 0 saturated carbocycles. The lowest BCUT2D eigenvalue weighted by Gasteiger charge is -2.29. The fraction of sp³-hybridized carbons (Fsp3) is 0.571. The Hall–Kier alpha value is -2.57. The second kappa shape index (κ2) is 10.7. The largest absolute Gasteiger partial charge is 0.469 e. The van der Waals surface area contributed by atoms with E-state index in [9.17, 15) is 14.4 Å². The van der Waals surface area contributed by atoms with Crippen LogP contribution in [0.25, 0.3) is 0 Å². The number of hydrogen-bond acceptors (Lipinski definition) is 5. The summed E-state index contributed by atoms with van der Waals surface area (Å²) in [6, 6.07) is 8.64. The molecule has 28 heavy (non-hydrogen) atoms. The summed E-state index contributed by atoms with van der Waals surface area (Å²) in [7, 11) is 1.32. The molecule has 0 aromatic heterocycles. The highest BCUT2D eigenvalue weighted by Gasteiger charge is 2.26. The Kier molecular flexibility index (Phi) is 8.96. The van der Waals surface area contributed by atoms with Gasteiger partial charge in [0.1, 0.15) is 5.60 Å². The van der Waals surface area contributed by atoms with Crippen molar-refractivity contribution < 1.29 is 23.9 Å². The van der Waals surface area contributed by atoms with Gasteiger partial charge in [0, 0.05) is 12.6 Å². The molecule has 0 spiro atoms. The van der Waals surface area contributed by atoms with Gasteiger partial charge >= 0.3 is 12.1 Å². The van der Waals surface area contributed by atoms with Crippen LogP contribution in [-0.4, -0.2) is 48.2 Å². The molecule has 1 aromatic carbocycles. The Labute approximate surface area is 167 Å². The van der Waals surface area contributed by atoms with E-state index in [2.05, 4.69) is 10.1 Å². The lowest BCUT2D eigenvalue weighted by molar-refractivity contribution is -0.142. The number of rotatable bonds is 8. The number of ether oxygens (including phenoxy) is 2. The van der Waals surface area contributed by atoms with Gasteiger partial charge in [-0.1, -0.05) is 30.3 Å². The topological polar surface area (TPSA) is 84.9 Å². The Morgan fingerprint density at radius 2 is 1.71 bits per heavy atom. The summed E-state index contributed by atoms with van der Waals surface area (Å²) in [6.45, 7) is 9.37. The lowest BCUT2D eigenvalue weighted by Crippen LogP contribution is -2.42. The van der Waals surface area contributed by atoms with Crippen molar-refractivity contribution in [2.24, 2.45) is 0 Å². The predicted octanol–water partition coefficient (Wildman–Crippen LogP) is 3.44. The van der Waals surface area contributed by atoms with Gasteiger partial charge in [0.2, 0.25) is 5.91 Å². The molecule has 0 aliphatic carbocycles. The van der Waals surface area contributed by atoms with Gasteiger partial charge in [-0.15, -0.1) is 0 Å². The van der Waals surface area contributed by atoms with Gasteiger partial charge in [0.05, 0.1) is 26.0 Å². The van der Waals surface area contributed by atoms with Crippen LogP contribution >= 0.6 is 0 Å². The van der Waals surface area contributed by atoms with E-state index in [4.69, 9.17) is 4.74 Å². The van der Waals surface area contributed by atoms with Gasteiger partial charge in [-0.3, -0.25) is 9.59 Å². The van der Waals surface area contributed by atoms with Crippen molar-refractivity contribution in [3.8, 4) is 0 Å². The summed E-state index contributed by atoms with van der Waals surface area (Å²) >= 11 is 0. The van der Waals surface area contributed by atoms with Gasteiger partial charge in [0.15, 0.2) is 0 Å². The number of carbonyl (C=O) groups excluding carboxylic acids is 3. The second-order valence-corrected chi connectivity index (χ2v) is 7.82. The first-order valence-electron chi connectivity index (χ1n) is 9.44. The van der Waals surface area contributed by atoms with Crippen molar-refractivity contribution in [2.75, 3.05) is 13.7 Å². The fourth-order valence-electron chi connectivity index (χ4n) is 2.66. The molecule has 0 bridgehead atoms. The SMILES string of the molecule is COC(=O)CCN(C(=O)C[C@H](NC(=O)OC(C)(C)C)c1ccccc1)C(C)C. The van der Waals surface area contributed by atoms with E-state index in [1.54, 1.807) is 25.7 Å². The number of carbonyl (C=O) groups is 3. The molecule has 1 rings (SSSR count). The smallest absolute Gasteiger partial charge is 0.408 e. The number of nitrogens with zero attached hydrogens (tertiary/aromatic N) is 1. The van der Waals surface area contributed by atoms with Crippen molar-refractivity contribution in [2.45, 2.75) is 65.1 Å². The highest BCUT2D eigenvalue weighted by atomic mass is 16.6. The number of esters is 1. The molecule has 7 heteroatoms. The zero-order valence-electron chi connectivity index (χ0n) is 17.7. The van der Waals surface area contributed by atoms with E-state index < -0.39 is 17.7 Å². The van der Waals surface area contributed by atoms with Crippen molar-refractivity contribution in [1.29, 1.82) is 0 Å². The lowest BCUT2D eigenvalue weighted by atomic mass is 10.0. The number of nitrogens with one attached hydrogen (secondary N) is 1. The fourth-order valence-corrected chi connectivity index (χ4v) is 2.66. The quantitative estimate of drug-likeness (QED) is 0.685. The molecule has 2 amide bonds. The number of alkyl carbamates (subject to hydrolysis) is 1. The molecule has 0 aliphatic heterocycles. The van der Waals surface area contributed by atoms with Gasteiger partial charge in [-0.2, -0.15) is 0 Å². The Morgan fingerprint density at radius 3 is 2.21 bits per heavy atom. The average molecular weight is 392 g/mol. The van der Waals surface area contributed by atoms with E-state index in [-0.39, 0.29) is 37.3 Å². The number of amides is 2. The second-order valence-electron chi connectivity index (χ2n) is 7.82. The maximum absolute atomic E-state index is 12.9. The maximum atomic E-state index is 12.9. The van der Waals surface area contributed by atoms with E-state index in [1.165, 1.54) is 7.11 Å². The number of methoxy groups -OCH3 is 1. The van der Waals surface area contributed by atoms with Crippen molar-refractivity contribution in [1.82, 2.24) is 10.2 Å². The molecule has 7 nitrogen and oxygen atoms in total. The Morgan fingerprint density at radius 1 is 1.11 bits per heavy atom. The van der Waals surface area contributed by atoms with Gasteiger partial charge < -0.3 is 19.7 Å². The van der Waals surface area contributed by atoms with E-state index >= 15 is 0 Å². The molecule has 0 radical (unpaired) electrons. The molecule has 1 aromatic rings. The van der Waals surface area contributed by atoms with Crippen LogP contribution in [0.3, 0.4) is 0 Å². The molecule has 1 N–H and O–H groups in total. The number of benzene rings is 1. The average Bonchev–Trinajstić information content (AvgIpc) is 2.59. The molecule has 0 heterocycles. The summed E-state index contributed by atoms with van der Waals surface area (Å²) in [5, 5.41) is 2.79. The summed E-state index contributed by atoms with van der Waals surface area (Å²) in [5.74, 6) is -0.534. The molecule has 0 unspecified atom stereocenters. The first-order chi connectivity index (χ1) is 13.0. The van der Waals surface area contributed by atoms with E-state index in [0.717, 1.165) is 5.56 Å². The molecule has 0 aliphatic rings. The highest BCUT2D eigenvalue weighted by molar-refractivity contribution is 5.79. The Bertz CT molecular complexity index is 653. The normalized spacial score (nSPS) is 12.2. The summed E-state index contributed by atoms with van der Waals surface area (Å²) in [6.07, 6.45) is -0.404. The van der Waals surface area contributed by atoms with Crippen molar-refractivity contribution in [3.05, 3.63) is 35.9 Å². The van der Waals surface area contributed by atoms with Crippen LogP contribution in [0.1, 0.15) is 59.1 Å². The van der Waals surface area contributed by atoms with E-state index in [0.29, 0.717) is 0 Å². The van der Waals surface area contributed by atoms with Gasteiger partial charge in [-0.05, 0) is 40.2 Å².